The summed E-state index contributed by atoms with van der Waals surface area (Å²) >= 11 is 0. The molecular formula is C20H18FN3O4. The number of aryl methyl sites for hydroxylation is 2. The van der Waals surface area contributed by atoms with Crippen molar-refractivity contribution in [1.29, 1.82) is 0 Å². The lowest BCUT2D eigenvalue weighted by molar-refractivity contribution is -0.390. The summed E-state index contributed by atoms with van der Waals surface area (Å²) in [6, 6.07) is 10.9. The van der Waals surface area contributed by atoms with Crippen LogP contribution in [0.4, 0.5) is 10.2 Å². The van der Waals surface area contributed by atoms with Crippen LogP contribution >= 0.6 is 0 Å². The molecule has 3 aromatic rings. The van der Waals surface area contributed by atoms with Gasteiger partial charge in [0.15, 0.2) is 6.61 Å². The lowest BCUT2D eigenvalue weighted by atomic mass is 10.1. The average molecular weight is 383 g/mol. The molecule has 2 aromatic heterocycles. The average Bonchev–Trinajstić information content (AvgIpc) is 2.95. The van der Waals surface area contributed by atoms with Crippen LogP contribution in [0, 0.1) is 36.7 Å². The summed E-state index contributed by atoms with van der Waals surface area (Å²) in [5, 5.41) is 11.1. The van der Waals surface area contributed by atoms with Crippen LogP contribution in [0.5, 0.6) is 5.75 Å². The largest absolute Gasteiger partial charge is 0.477 e. The number of benzene rings is 1. The molecule has 0 atom stereocenters. The molecule has 0 aliphatic heterocycles. The molecule has 1 aromatic carbocycles. The Hall–Kier alpha value is -3.55. The highest BCUT2D eigenvalue weighted by Crippen LogP contribution is 2.26. The quantitative estimate of drug-likeness (QED) is 0.363. The van der Waals surface area contributed by atoms with Crippen molar-refractivity contribution in [1.82, 2.24) is 9.55 Å². The number of para-hydroxylation sites is 1. The topological polar surface area (TPSA) is 87.3 Å². The lowest BCUT2D eigenvalue weighted by Gasteiger charge is -2.11. The maximum atomic E-state index is 14.2. The molecule has 0 saturated carbocycles. The number of Topliss-reactive ketones (excluding diaryl/α,β-unsaturated/α-hetero) is 1. The summed E-state index contributed by atoms with van der Waals surface area (Å²) in [5.74, 6) is -1.29. The van der Waals surface area contributed by atoms with Crippen molar-refractivity contribution in [2.45, 2.75) is 20.8 Å². The van der Waals surface area contributed by atoms with Crippen molar-refractivity contribution < 1.29 is 18.8 Å². The molecule has 144 valence electrons. The number of ether oxygens (including phenoxy) is 1. The molecule has 0 N–H and O–H groups in total. The molecule has 0 aliphatic carbocycles. The van der Waals surface area contributed by atoms with Crippen LogP contribution in [-0.2, 0) is 0 Å². The third-order valence-electron chi connectivity index (χ3n) is 4.34. The summed E-state index contributed by atoms with van der Waals surface area (Å²) < 4.78 is 21.2. The van der Waals surface area contributed by atoms with Gasteiger partial charge in [-0.3, -0.25) is 4.79 Å². The summed E-state index contributed by atoms with van der Waals surface area (Å²) in [7, 11) is 0. The van der Waals surface area contributed by atoms with E-state index >= 15 is 0 Å². The Bertz CT molecular complexity index is 1080. The Labute approximate surface area is 160 Å². The molecule has 0 radical (unpaired) electrons. The third-order valence-corrected chi connectivity index (χ3v) is 4.34. The number of hydrogen-bond acceptors (Lipinski definition) is 5. The molecule has 0 aliphatic rings. The van der Waals surface area contributed by atoms with Gasteiger partial charge in [-0.2, -0.15) is 0 Å². The van der Waals surface area contributed by atoms with Gasteiger partial charge in [0.2, 0.25) is 11.5 Å². The minimum absolute atomic E-state index is 0.0770. The first-order chi connectivity index (χ1) is 13.3. The zero-order valence-corrected chi connectivity index (χ0v) is 15.6. The molecule has 0 spiro atoms. The van der Waals surface area contributed by atoms with Gasteiger partial charge in [-0.15, -0.1) is 0 Å². The highest BCUT2D eigenvalue weighted by Gasteiger charge is 2.22. The Balaban J connectivity index is 1.86. The number of rotatable bonds is 6. The van der Waals surface area contributed by atoms with Crippen LogP contribution in [0.25, 0.3) is 5.69 Å². The molecule has 0 amide bonds. The van der Waals surface area contributed by atoms with Gasteiger partial charge in [-0.05, 0) is 54.1 Å². The zero-order chi connectivity index (χ0) is 20.4. The molecule has 2 heterocycles. The fourth-order valence-corrected chi connectivity index (χ4v) is 3.04. The van der Waals surface area contributed by atoms with E-state index in [0.29, 0.717) is 28.3 Å². The van der Waals surface area contributed by atoms with E-state index in [9.17, 15) is 19.3 Å². The smallest absolute Gasteiger partial charge is 0.406 e. The van der Waals surface area contributed by atoms with Crippen molar-refractivity contribution in [3.8, 4) is 11.4 Å². The first-order valence-corrected chi connectivity index (χ1v) is 8.51. The second kappa shape index (κ2) is 7.59. The van der Waals surface area contributed by atoms with Gasteiger partial charge in [0.1, 0.15) is 11.5 Å². The van der Waals surface area contributed by atoms with Gasteiger partial charge < -0.3 is 19.4 Å². The lowest BCUT2D eigenvalue weighted by Crippen LogP contribution is -2.14. The number of nitrogens with zero attached hydrogens (tertiary/aromatic N) is 3. The van der Waals surface area contributed by atoms with Crippen molar-refractivity contribution in [2.24, 2.45) is 0 Å². The van der Waals surface area contributed by atoms with E-state index < -0.39 is 23.2 Å². The highest BCUT2D eigenvalue weighted by molar-refractivity contribution is 5.98. The SMILES string of the molecule is Cc1ccc(OCC(=O)c2cc(C)n(-c3ccccc3F)c2C)c([N+](=O)[O-])n1. The summed E-state index contributed by atoms with van der Waals surface area (Å²) in [6.07, 6.45) is 0. The standard InChI is InChI=1S/C20H18FN3O4/c1-12-8-9-19(20(22-12)24(26)27)28-11-18(25)15-10-13(2)23(14(15)3)17-7-5-4-6-16(17)21/h4-10H,11H2,1-3H3. The van der Waals surface area contributed by atoms with Crippen molar-refractivity contribution in [2.75, 3.05) is 6.61 Å². The van der Waals surface area contributed by atoms with Gasteiger partial charge in [-0.25, -0.2) is 4.39 Å². The maximum Gasteiger partial charge on any atom is 0.406 e. The minimum atomic E-state index is -0.656. The first-order valence-electron chi connectivity index (χ1n) is 8.51. The van der Waals surface area contributed by atoms with E-state index in [1.165, 1.54) is 12.1 Å². The van der Waals surface area contributed by atoms with Crippen molar-refractivity contribution >= 4 is 11.6 Å². The molecule has 3 rings (SSSR count). The maximum absolute atomic E-state index is 14.2. The van der Waals surface area contributed by atoms with E-state index in [4.69, 9.17) is 4.74 Å². The molecule has 28 heavy (non-hydrogen) atoms. The van der Waals surface area contributed by atoms with Gasteiger partial charge in [-0.1, -0.05) is 12.1 Å². The molecule has 7 nitrogen and oxygen atoms in total. The second-order valence-corrected chi connectivity index (χ2v) is 6.31. The summed E-state index contributed by atoms with van der Waals surface area (Å²) in [4.78, 5) is 26.9. The Morgan fingerprint density at radius 1 is 1.21 bits per heavy atom. The fourth-order valence-electron chi connectivity index (χ4n) is 3.04. The number of carbonyl (C=O) groups is 1. The molecule has 0 unspecified atom stereocenters. The predicted octanol–water partition coefficient (Wildman–Crippen LogP) is 4.11. The minimum Gasteiger partial charge on any atom is -0.477 e. The van der Waals surface area contributed by atoms with Crippen LogP contribution in [0.1, 0.15) is 27.4 Å². The normalized spacial score (nSPS) is 10.7. The summed E-state index contributed by atoms with van der Waals surface area (Å²) in [5.41, 5.74) is 2.43. The highest BCUT2D eigenvalue weighted by atomic mass is 19.1. The van der Waals surface area contributed by atoms with Crippen molar-refractivity contribution in [3.05, 3.63) is 81.0 Å². The zero-order valence-electron chi connectivity index (χ0n) is 15.6. The predicted molar refractivity (Wildman–Crippen MR) is 101 cm³/mol. The third kappa shape index (κ3) is 3.62. The van der Waals surface area contributed by atoms with E-state index in [1.54, 1.807) is 55.7 Å². The van der Waals surface area contributed by atoms with Crippen LogP contribution in [0.2, 0.25) is 0 Å². The van der Waals surface area contributed by atoms with Crippen molar-refractivity contribution in [3.63, 3.8) is 0 Å². The number of nitro groups is 1. The van der Waals surface area contributed by atoms with Gasteiger partial charge in [0.05, 0.1) is 5.69 Å². The number of carbonyl (C=O) groups excluding carboxylic acids is 1. The fraction of sp³-hybridized carbons (Fsp3) is 0.200. The molecule has 0 saturated heterocycles. The Kier molecular flexibility index (Phi) is 5.21. The van der Waals surface area contributed by atoms with E-state index in [1.807, 2.05) is 0 Å². The monoisotopic (exact) mass is 383 g/mol. The van der Waals surface area contributed by atoms with E-state index in [-0.39, 0.29) is 11.5 Å². The number of ketones is 1. The van der Waals surface area contributed by atoms with E-state index in [0.717, 1.165) is 0 Å². The number of hydrogen-bond donors (Lipinski definition) is 0. The van der Waals surface area contributed by atoms with Crippen LogP contribution in [0.3, 0.4) is 0 Å². The Morgan fingerprint density at radius 2 is 1.93 bits per heavy atom. The molecular weight excluding hydrogens is 365 g/mol. The van der Waals surface area contributed by atoms with Crippen LogP contribution < -0.4 is 4.74 Å². The van der Waals surface area contributed by atoms with E-state index in [2.05, 4.69) is 4.98 Å². The van der Waals surface area contributed by atoms with Gasteiger partial charge in [0, 0.05) is 23.9 Å². The molecule has 0 bridgehead atoms. The van der Waals surface area contributed by atoms with Crippen LogP contribution in [-0.4, -0.2) is 26.9 Å². The Morgan fingerprint density at radius 3 is 2.61 bits per heavy atom. The number of halogens is 1. The van der Waals surface area contributed by atoms with Crippen LogP contribution in [0.15, 0.2) is 42.5 Å². The van der Waals surface area contributed by atoms with Gasteiger partial charge in [0.25, 0.3) is 0 Å². The first kappa shape index (κ1) is 19.2. The second-order valence-electron chi connectivity index (χ2n) is 6.31. The number of pyridine rings is 1. The molecule has 0 fully saturated rings. The number of aromatic nitrogens is 2. The summed E-state index contributed by atoms with van der Waals surface area (Å²) in [6.45, 7) is 4.71. The van der Waals surface area contributed by atoms with Gasteiger partial charge >= 0.3 is 5.82 Å². The molecule has 8 heteroatoms.